The number of rotatable bonds is 5. The van der Waals surface area contributed by atoms with Gasteiger partial charge in [-0.1, -0.05) is 0 Å². The summed E-state index contributed by atoms with van der Waals surface area (Å²) in [5.74, 6) is 1.42. The molecular formula is C21H23F2N7O. The minimum absolute atomic E-state index is 0.141. The Hall–Kier alpha value is -3.14. The molecule has 162 valence electrons. The predicted molar refractivity (Wildman–Crippen MR) is 112 cm³/mol. The Bertz CT molecular complexity index is 1230. The molecule has 1 aliphatic rings. The van der Waals surface area contributed by atoms with Gasteiger partial charge in [-0.3, -0.25) is 0 Å². The van der Waals surface area contributed by atoms with Crippen LogP contribution in [0, 0.1) is 6.92 Å². The third-order valence-electron chi connectivity index (χ3n) is 5.94. The monoisotopic (exact) mass is 427 g/mol. The zero-order valence-electron chi connectivity index (χ0n) is 17.3. The fraction of sp³-hybridized carbons (Fsp3) is 0.429. The summed E-state index contributed by atoms with van der Waals surface area (Å²) < 4.78 is 33.1. The molecule has 0 radical (unpaired) electrons. The highest BCUT2D eigenvalue weighted by Crippen LogP contribution is 2.27. The molecule has 1 aliphatic carbocycles. The molecule has 4 aromatic heterocycles. The van der Waals surface area contributed by atoms with E-state index >= 15 is 0 Å². The first-order valence-electron chi connectivity index (χ1n) is 10.3. The van der Waals surface area contributed by atoms with Gasteiger partial charge >= 0.3 is 6.61 Å². The van der Waals surface area contributed by atoms with E-state index in [4.69, 9.17) is 4.98 Å². The number of nitrogens with one attached hydrogen (secondary N) is 1. The molecule has 0 amide bonds. The fourth-order valence-electron chi connectivity index (χ4n) is 4.18. The lowest BCUT2D eigenvalue weighted by molar-refractivity contribution is -0.169. The van der Waals surface area contributed by atoms with Gasteiger partial charge in [0, 0.05) is 24.8 Å². The highest BCUT2D eigenvalue weighted by molar-refractivity contribution is 5.82. The van der Waals surface area contributed by atoms with Crippen LogP contribution in [-0.2, 0) is 11.8 Å². The number of ether oxygens (including phenoxy) is 1. The summed E-state index contributed by atoms with van der Waals surface area (Å²) in [6, 6.07) is 6.04. The van der Waals surface area contributed by atoms with Gasteiger partial charge in [-0.05, 0) is 50.8 Å². The quantitative estimate of drug-likeness (QED) is 0.519. The van der Waals surface area contributed by atoms with Gasteiger partial charge in [0.15, 0.2) is 5.65 Å². The molecule has 4 aromatic rings. The summed E-state index contributed by atoms with van der Waals surface area (Å²) in [6.07, 6.45) is 5.95. The number of halogens is 2. The van der Waals surface area contributed by atoms with E-state index in [1.54, 1.807) is 10.7 Å². The number of nitrogens with zero attached hydrogens (tertiary/aromatic N) is 6. The van der Waals surface area contributed by atoms with Crippen LogP contribution < -0.4 is 5.32 Å². The maximum atomic E-state index is 12.4. The third kappa shape index (κ3) is 3.83. The van der Waals surface area contributed by atoms with E-state index < -0.39 is 6.61 Å². The van der Waals surface area contributed by atoms with Crippen molar-refractivity contribution in [2.24, 2.45) is 7.05 Å². The Morgan fingerprint density at radius 1 is 1.13 bits per heavy atom. The average Bonchev–Trinajstić information content (AvgIpc) is 3.29. The van der Waals surface area contributed by atoms with Crippen molar-refractivity contribution in [1.82, 2.24) is 29.1 Å². The Labute approximate surface area is 177 Å². The van der Waals surface area contributed by atoms with E-state index in [0.717, 1.165) is 46.6 Å². The van der Waals surface area contributed by atoms with Crippen molar-refractivity contribution in [2.75, 3.05) is 5.32 Å². The molecule has 1 N–H and O–H groups in total. The van der Waals surface area contributed by atoms with Gasteiger partial charge in [0.25, 0.3) is 0 Å². The third-order valence-corrected chi connectivity index (χ3v) is 5.94. The second-order valence-electron chi connectivity index (χ2n) is 7.91. The molecule has 0 bridgehead atoms. The number of imidazole rings is 1. The number of anilines is 1. The standard InChI is InChI=1S/C21H23F2N7O/c1-12-25-17-8-7-16(27-19(17)29(12)2)15-9-10-30-18(15)11-24-21(28-30)26-13-3-5-14(6-4-13)31-20(22)23/h7-11,13-14,20H,3-6H2,1-2H3,(H,26,28). The molecule has 1 fully saturated rings. The number of hydrogen-bond donors (Lipinski definition) is 1. The van der Waals surface area contributed by atoms with Crippen molar-refractivity contribution >= 4 is 22.6 Å². The van der Waals surface area contributed by atoms with Gasteiger partial charge < -0.3 is 14.6 Å². The van der Waals surface area contributed by atoms with Crippen LogP contribution in [0.15, 0.2) is 30.6 Å². The fourth-order valence-corrected chi connectivity index (χ4v) is 4.18. The summed E-state index contributed by atoms with van der Waals surface area (Å²) in [5.41, 5.74) is 4.32. The van der Waals surface area contributed by atoms with E-state index in [-0.39, 0.29) is 12.1 Å². The molecule has 8 nitrogen and oxygen atoms in total. The van der Waals surface area contributed by atoms with Crippen LogP contribution >= 0.6 is 0 Å². The van der Waals surface area contributed by atoms with Crippen LogP contribution in [0.1, 0.15) is 31.5 Å². The maximum Gasteiger partial charge on any atom is 0.345 e. The molecular weight excluding hydrogens is 404 g/mol. The summed E-state index contributed by atoms with van der Waals surface area (Å²) in [5, 5.41) is 7.88. The minimum atomic E-state index is -2.71. The molecule has 10 heteroatoms. The van der Waals surface area contributed by atoms with Gasteiger partial charge in [-0.25, -0.2) is 19.5 Å². The molecule has 31 heavy (non-hydrogen) atoms. The van der Waals surface area contributed by atoms with Crippen LogP contribution in [-0.4, -0.2) is 47.9 Å². The molecule has 1 saturated carbocycles. The molecule has 5 rings (SSSR count). The lowest BCUT2D eigenvalue weighted by Crippen LogP contribution is -2.31. The number of fused-ring (bicyclic) bond motifs is 2. The molecule has 0 unspecified atom stereocenters. The predicted octanol–water partition coefficient (Wildman–Crippen LogP) is 3.95. The summed E-state index contributed by atoms with van der Waals surface area (Å²) in [4.78, 5) is 13.8. The summed E-state index contributed by atoms with van der Waals surface area (Å²) in [6.45, 7) is -0.754. The smallest absolute Gasteiger partial charge is 0.345 e. The van der Waals surface area contributed by atoms with Crippen molar-refractivity contribution in [1.29, 1.82) is 0 Å². The second kappa shape index (κ2) is 7.84. The first-order valence-corrected chi connectivity index (χ1v) is 10.3. The highest BCUT2D eigenvalue weighted by atomic mass is 19.3. The second-order valence-corrected chi connectivity index (χ2v) is 7.91. The highest BCUT2D eigenvalue weighted by Gasteiger charge is 2.24. The Balaban J connectivity index is 1.34. The van der Waals surface area contributed by atoms with Gasteiger partial charge in [-0.15, -0.1) is 5.10 Å². The largest absolute Gasteiger partial charge is 0.350 e. The Kier molecular flexibility index (Phi) is 5.01. The van der Waals surface area contributed by atoms with Crippen LogP contribution in [0.5, 0.6) is 0 Å². The van der Waals surface area contributed by atoms with E-state index in [1.807, 2.05) is 42.9 Å². The van der Waals surface area contributed by atoms with Crippen molar-refractivity contribution < 1.29 is 13.5 Å². The Morgan fingerprint density at radius 3 is 2.71 bits per heavy atom. The SMILES string of the molecule is Cc1nc2ccc(-c3ccn4nc(NC5CCC(OC(F)F)CC5)ncc34)nc2n1C. The summed E-state index contributed by atoms with van der Waals surface area (Å²) in [7, 11) is 1.95. The van der Waals surface area contributed by atoms with Crippen LogP contribution in [0.25, 0.3) is 27.9 Å². The maximum absolute atomic E-state index is 12.4. The van der Waals surface area contributed by atoms with Gasteiger partial charge in [0.05, 0.1) is 23.5 Å². The number of aryl methyl sites for hydroxylation is 2. The Morgan fingerprint density at radius 2 is 1.94 bits per heavy atom. The van der Waals surface area contributed by atoms with Gasteiger partial charge in [0.1, 0.15) is 11.3 Å². The van der Waals surface area contributed by atoms with E-state index in [1.165, 1.54) is 0 Å². The van der Waals surface area contributed by atoms with Crippen molar-refractivity contribution in [2.45, 2.75) is 51.4 Å². The first-order chi connectivity index (χ1) is 15.0. The van der Waals surface area contributed by atoms with Crippen LogP contribution in [0.3, 0.4) is 0 Å². The lowest BCUT2D eigenvalue weighted by atomic mass is 9.93. The molecule has 0 spiro atoms. The average molecular weight is 427 g/mol. The topological polar surface area (TPSA) is 82.2 Å². The molecule has 0 aromatic carbocycles. The molecule has 0 saturated heterocycles. The normalized spacial score (nSPS) is 19.5. The molecule has 0 atom stereocenters. The van der Waals surface area contributed by atoms with Gasteiger partial charge in [0.2, 0.25) is 5.95 Å². The number of pyridine rings is 1. The number of alkyl halides is 2. The van der Waals surface area contributed by atoms with Crippen molar-refractivity contribution in [3.8, 4) is 11.3 Å². The zero-order valence-corrected chi connectivity index (χ0v) is 17.3. The lowest BCUT2D eigenvalue weighted by Gasteiger charge is -2.28. The summed E-state index contributed by atoms with van der Waals surface area (Å²) >= 11 is 0. The van der Waals surface area contributed by atoms with Crippen LogP contribution in [0.2, 0.25) is 0 Å². The van der Waals surface area contributed by atoms with E-state index in [0.29, 0.717) is 18.8 Å². The van der Waals surface area contributed by atoms with E-state index in [2.05, 4.69) is 25.1 Å². The van der Waals surface area contributed by atoms with Crippen molar-refractivity contribution in [3.05, 3.63) is 36.4 Å². The molecule has 0 aliphatic heterocycles. The number of hydrogen-bond acceptors (Lipinski definition) is 6. The first kappa shape index (κ1) is 19.8. The van der Waals surface area contributed by atoms with Crippen molar-refractivity contribution in [3.63, 3.8) is 0 Å². The molecule has 4 heterocycles. The minimum Gasteiger partial charge on any atom is -0.350 e. The van der Waals surface area contributed by atoms with Gasteiger partial charge in [-0.2, -0.15) is 8.78 Å². The van der Waals surface area contributed by atoms with Crippen LogP contribution in [0.4, 0.5) is 14.7 Å². The van der Waals surface area contributed by atoms with E-state index in [9.17, 15) is 8.78 Å². The zero-order chi connectivity index (χ0) is 21.5. The number of aromatic nitrogens is 6.